The summed E-state index contributed by atoms with van der Waals surface area (Å²) >= 11 is 0. The molecule has 29 heavy (non-hydrogen) atoms. The molecule has 1 aliphatic rings. The third kappa shape index (κ3) is 5.29. The number of rotatable bonds is 9. The van der Waals surface area contributed by atoms with Gasteiger partial charge in [-0.3, -0.25) is 4.79 Å². The molecule has 6 nitrogen and oxygen atoms in total. The van der Waals surface area contributed by atoms with E-state index in [-0.39, 0.29) is 11.7 Å². The van der Waals surface area contributed by atoms with Crippen LogP contribution in [0.5, 0.6) is 11.5 Å². The molecule has 0 spiro atoms. The van der Waals surface area contributed by atoms with Gasteiger partial charge >= 0.3 is 0 Å². The van der Waals surface area contributed by atoms with Crippen molar-refractivity contribution in [2.24, 2.45) is 0 Å². The second kappa shape index (κ2) is 9.31. The Kier molecular flexibility index (Phi) is 6.79. The lowest BCUT2D eigenvalue weighted by molar-refractivity contribution is -0.134. The minimum Gasteiger partial charge on any atom is -0.493 e. The quantitative estimate of drug-likeness (QED) is 0.627. The van der Waals surface area contributed by atoms with Crippen LogP contribution in [0.4, 0.5) is 0 Å². The number of hydrogen-bond donors (Lipinski definition) is 0. The Morgan fingerprint density at radius 3 is 2.45 bits per heavy atom. The van der Waals surface area contributed by atoms with Gasteiger partial charge in [0.25, 0.3) is 0 Å². The van der Waals surface area contributed by atoms with Crippen molar-refractivity contribution in [2.75, 3.05) is 26.0 Å². The van der Waals surface area contributed by atoms with Gasteiger partial charge in [0.1, 0.15) is 6.61 Å². The molecule has 7 heteroatoms. The maximum absolute atomic E-state index is 12.4. The molecule has 1 amide bonds. The molecule has 3 rings (SSSR count). The zero-order valence-electron chi connectivity index (χ0n) is 16.8. The van der Waals surface area contributed by atoms with Crippen LogP contribution in [0.3, 0.4) is 0 Å². The Morgan fingerprint density at radius 1 is 1.07 bits per heavy atom. The lowest BCUT2D eigenvalue weighted by atomic mass is 10.1. The standard InChI is InChI=1S/C22H27NO5S/c1-3-29(25,26)19-14-23(15-19)22(24)12-10-17-9-11-20(27-2)21(13-17)28-16-18-7-5-4-6-8-18/h4-9,11,13,19H,3,10,12,14-16H2,1-2H3. The highest BCUT2D eigenvalue weighted by Crippen LogP contribution is 2.29. The Morgan fingerprint density at radius 2 is 1.79 bits per heavy atom. The summed E-state index contributed by atoms with van der Waals surface area (Å²) in [6.07, 6.45) is 0.898. The molecule has 156 valence electrons. The number of nitrogens with zero attached hydrogens (tertiary/aromatic N) is 1. The van der Waals surface area contributed by atoms with Gasteiger partial charge in [0, 0.05) is 25.3 Å². The van der Waals surface area contributed by atoms with Gasteiger partial charge in [-0.15, -0.1) is 0 Å². The van der Waals surface area contributed by atoms with E-state index in [0.29, 0.717) is 44.0 Å². The van der Waals surface area contributed by atoms with Crippen molar-refractivity contribution in [1.82, 2.24) is 4.90 Å². The number of methoxy groups -OCH3 is 1. The first-order chi connectivity index (χ1) is 13.9. The molecule has 0 unspecified atom stereocenters. The monoisotopic (exact) mass is 417 g/mol. The highest BCUT2D eigenvalue weighted by atomic mass is 32.2. The molecule has 0 atom stereocenters. The molecule has 1 aliphatic heterocycles. The van der Waals surface area contributed by atoms with Gasteiger partial charge in [-0.1, -0.05) is 43.3 Å². The Labute approximate surface area is 172 Å². The van der Waals surface area contributed by atoms with Gasteiger partial charge in [0.2, 0.25) is 5.91 Å². The highest BCUT2D eigenvalue weighted by Gasteiger charge is 2.38. The van der Waals surface area contributed by atoms with Crippen LogP contribution in [0.25, 0.3) is 0 Å². The van der Waals surface area contributed by atoms with E-state index in [4.69, 9.17) is 9.47 Å². The van der Waals surface area contributed by atoms with Crippen LogP contribution in [0, 0.1) is 0 Å². The van der Waals surface area contributed by atoms with Crippen molar-refractivity contribution in [3.05, 3.63) is 59.7 Å². The van der Waals surface area contributed by atoms with Gasteiger partial charge in [0.15, 0.2) is 21.3 Å². The van der Waals surface area contributed by atoms with E-state index in [2.05, 4.69) is 0 Å². The molecule has 0 radical (unpaired) electrons. The summed E-state index contributed by atoms with van der Waals surface area (Å²) in [6, 6.07) is 15.5. The Balaban J connectivity index is 1.55. The molecule has 0 aliphatic carbocycles. The van der Waals surface area contributed by atoms with Crippen LogP contribution in [0.2, 0.25) is 0 Å². The summed E-state index contributed by atoms with van der Waals surface area (Å²) in [5.41, 5.74) is 2.03. The number of ether oxygens (including phenoxy) is 2. The highest BCUT2D eigenvalue weighted by molar-refractivity contribution is 7.92. The van der Waals surface area contributed by atoms with Crippen molar-refractivity contribution >= 4 is 15.7 Å². The fourth-order valence-corrected chi connectivity index (χ4v) is 4.52. The second-order valence-electron chi connectivity index (χ2n) is 7.13. The summed E-state index contributed by atoms with van der Waals surface area (Å²) in [5.74, 6) is 1.39. The van der Waals surface area contributed by atoms with E-state index in [9.17, 15) is 13.2 Å². The molecule has 0 aromatic heterocycles. The number of carbonyl (C=O) groups is 1. The second-order valence-corrected chi connectivity index (χ2v) is 9.70. The first-order valence-electron chi connectivity index (χ1n) is 9.76. The molecular weight excluding hydrogens is 390 g/mol. The van der Waals surface area contributed by atoms with Crippen LogP contribution >= 0.6 is 0 Å². The van der Waals surface area contributed by atoms with Gasteiger partial charge in [-0.25, -0.2) is 8.42 Å². The van der Waals surface area contributed by atoms with Crippen LogP contribution < -0.4 is 9.47 Å². The molecule has 0 bridgehead atoms. The van der Waals surface area contributed by atoms with Crippen LogP contribution in [-0.2, 0) is 27.7 Å². The summed E-state index contributed by atoms with van der Waals surface area (Å²) in [6.45, 7) is 2.69. The number of aryl methyl sites for hydroxylation is 1. The van der Waals surface area contributed by atoms with Gasteiger partial charge in [0.05, 0.1) is 12.4 Å². The number of hydrogen-bond acceptors (Lipinski definition) is 5. The molecule has 2 aromatic carbocycles. The smallest absolute Gasteiger partial charge is 0.222 e. The maximum atomic E-state index is 12.4. The number of benzene rings is 2. The number of sulfone groups is 1. The minimum atomic E-state index is -3.06. The molecule has 1 heterocycles. The normalized spacial score (nSPS) is 14.3. The molecule has 0 N–H and O–H groups in total. The zero-order valence-corrected chi connectivity index (χ0v) is 17.7. The number of carbonyl (C=O) groups excluding carboxylic acids is 1. The zero-order chi connectivity index (χ0) is 20.9. The Hall–Kier alpha value is -2.54. The Bertz CT molecular complexity index is 937. The fourth-order valence-electron chi connectivity index (χ4n) is 3.24. The van der Waals surface area contributed by atoms with E-state index >= 15 is 0 Å². The van der Waals surface area contributed by atoms with Gasteiger partial charge in [-0.05, 0) is 29.7 Å². The number of amides is 1. The first kappa shape index (κ1) is 21.2. The van der Waals surface area contributed by atoms with Crippen molar-refractivity contribution in [1.29, 1.82) is 0 Å². The molecule has 0 saturated carbocycles. The van der Waals surface area contributed by atoms with Crippen LogP contribution in [0.15, 0.2) is 48.5 Å². The molecule has 1 fully saturated rings. The van der Waals surface area contributed by atoms with Crippen molar-refractivity contribution in [3.63, 3.8) is 0 Å². The topological polar surface area (TPSA) is 72.9 Å². The van der Waals surface area contributed by atoms with Crippen molar-refractivity contribution in [3.8, 4) is 11.5 Å². The molecular formula is C22H27NO5S. The van der Waals surface area contributed by atoms with Gasteiger partial charge < -0.3 is 14.4 Å². The van der Waals surface area contributed by atoms with E-state index in [1.165, 1.54) is 0 Å². The van der Waals surface area contributed by atoms with Crippen molar-refractivity contribution < 1.29 is 22.7 Å². The average molecular weight is 418 g/mol. The van der Waals surface area contributed by atoms with E-state index < -0.39 is 15.1 Å². The van der Waals surface area contributed by atoms with Crippen LogP contribution in [0.1, 0.15) is 24.5 Å². The summed E-state index contributed by atoms with van der Waals surface area (Å²) in [5, 5.41) is -0.407. The van der Waals surface area contributed by atoms with E-state index in [0.717, 1.165) is 11.1 Å². The van der Waals surface area contributed by atoms with Crippen molar-refractivity contribution in [2.45, 2.75) is 31.6 Å². The first-order valence-corrected chi connectivity index (χ1v) is 11.5. The minimum absolute atomic E-state index is 0.0184. The third-order valence-electron chi connectivity index (χ3n) is 5.20. The SMILES string of the molecule is CCS(=O)(=O)C1CN(C(=O)CCc2ccc(OC)c(OCc3ccccc3)c2)C1. The predicted octanol–water partition coefficient (Wildman–Crippen LogP) is 2.85. The molecule has 2 aromatic rings. The molecule has 1 saturated heterocycles. The van der Waals surface area contributed by atoms with Crippen LogP contribution in [-0.4, -0.2) is 50.4 Å². The number of likely N-dealkylation sites (tertiary alicyclic amines) is 1. The van der Waals surface area contributed by atoms with E-state index in [1.807, 2.05) is 48.5 Å². The summed E-state index contributed by atoms with van der Waals surface area (Å²) in [7, 11) is -1.47. The largest absolute Gasteiger partial charge is 0.493 e. The lowest BCUT2D eigenvalue weighted by Gasteiger charge is -2.38. The maximum Gasteiger partial charge on any atom is 0.222 e. The average Bonchev–Trinajstić information content (AvgIpc) is 2.70. The summed E-state index contributed by atoms with van der Waals surface area (Å²) in [4.78, 5) is 14.0. The third-order valence-corrected chi connectivity index (χ3v) is 7.32. The summed E-state index contributed by atoms with van der Waals surface area (Å²) < 4.78 is 34.9. The van der Waals surface area contributed by atoms with E-state index in [1.54, 1.807) is 18.9 Å². The predicted molar refractivity (Wildman–Crippen MR) is 112 cm³/mol. The fraction of sp³-hybridized carbons (Fsp3) is 0.409. The van der Waals surface area contributed by atoms with Gasteiger partial charge in [-0.2, -0.15) is 0 Å². The lowest BCUT2D eigenvalue weighted by Crippen LogP contribution is -2.57.